The molecule has 2 amide bonds. The number of aromatic carboxylic acids is 1. The third kappa shape index (κ3) is 5.94. The molecule has 0 spiro atoms. The molecule has 8 heteroatoms. The number of nitrogens with one attached hydrogen (secondary N) is 2. The van der Waals surface area contributed by atoms with E-state index in [1.807, 2.05) is 31.2 Å². The molecule has 0 saturated carbocycles. The first-order chi connectivity index (χ1) is 13.4. The van der Waals surface area contributed by atoms with E-state index in [0.717, 1.165) is 11.1 Å². The Balaban J connectivity index is 1.96. The minimum atomic E-state index is -1.10. The lowest BCUT2D eigenvalue weighted by atomic mass is 10.1. The molecule has 0 aliphatic heterocycles. The Labute approximate surface area is 162 Å². The van der Waals surface area contributed by atoms with E-state index in [2.05, 4.69) is 15.8 Å². The fourth-order valence-electron chi connectivity index (χ4n) is 2.25. The SMILES string of the molecule is CCOc1ccc(C(=O)O)cc1/C=N\NC(=O)C(=O)NCc1ccc(C)cc1. The lowest BCUT2D eigenvalue weighted by Crippen LogP contribution is -2.37. The number of carboxylic acid groups (broad SMARTS) is 1. The summed E-state index contributed by atoms with van der Waals surface area (Å²) in [6.45, 7) is 4.33. The number of carbonyl (C=O) groups is 3. The van der Waals surface area contributed by atoms with Gasteiger partial charge in [0.15, 0.2) is 0 Å². The summed E-state index contributed by atoms with van der Waals surface area (Å²) in [5.41, 5.74) is 4.48. The summed E-state index contributed by atoms with van der Waals surface area (Å²) in [6, 6.07) is 11.8. The van der Waals surface area contributed by atoms with E-state index < -0.39 is 17.8 Å². The van der Waals surface area contributed by atoms with Gasteiger partial charge in [0, 0.05) is 12.1 Å². The number of nitrogens with zero attached hydrogens (tertiary/aromatic N) is 1. The summed E-state index contributed by atoms with van der Waals surface area (Å²) in [5, 5.41) is 15.3. The highest BCUT2D eigenvalue weighted by Crippen LogP contribution is 2.18. The lowest BCUT2D eigenvalue weighted by Gasteiger charge is -2.08. The van der Waals surface area contributed by atoms with Crippen LogP contribution < -0.4 is 15.5 Å². The summed E-state index contributed by atoms with van der Waals surface area (Å²) in [7, 11) is 0. The third-order valence-corrected chi connectivity index (χ3v) is 3.71. The predicted molar refractivity (Wildman–Crippen MR) is 103 cm³/mol. The fourth-order valence-corrected chi connectivity index (χ4v) is 2.25. The first-order valence-corrected chi connectivity index (χ1v) is 8.57. The van der Waals surface area contributed by atoms with Gasteiger partial charge in [0.25, 0.3) is 0 Å². The molecule has 0 saturated heterocycles. The number of ether oxygens (including phenoxy) is 1. The first-order valence-electron chi connectivity index (χ1n) is 8.57. The van der Waals surface area contributed by atoms with Crippen molar-refractivity contribution in [3.8, 4) is 5.75 Å². The summed E-state index contributed by atoms with van der Waals surface area (Å²) >= 11 is 0. The van der Waals surface area contributed by atoms with Gasteiger partial charge in [-0.3, -0.25) is 9.59 Å². The van der Waals surface area contributed by atoms with Crippen LogP contribution in [0.5, 0.6) is 5.75 Å². The van der Waals surface area contributed by atoms with Crippen LogP contribution in [0.1, 0.15) is 34.0 Å². The van der Waals surface area contributed by atoms with Crippen LogP contribution in [-0.2, 0) is 16.1 Å². The van der Waals surface area contributed by atoms with E-state index in [1.54, 1.807) is 6.92 Å². The van der Waals surface area contributed by atoms with Gasteiger partial charge in [-0.2, -0.15) is 5.10 Å². The van der Waals surface area contributed by atoms with Gasteiger partial charge in [-0.25, -0.2) is 10.2 Å². The standard InChI is InChI=1S/C20H21N3O5/c1-3-28-17-9-8-15(20(26)27)10-16(17)12-22-23-19(25)18(24)21-11-14-6-4-13(2)5-7-14/h4-10,12H,3,11H2,1-2H3,(H,21,24)(H,23,25)(H,26,27)/b22-12-. The molecule has 8 nitrogen and oxygen atoms in total. The number of hydrazone groups is 1. The highest BCUT2D eigenvalue weighted by molar-refractivity contribution is 6.35. The highest BCUT2D eigenvalue weighted by atomic mass is 16.5. The largest absolute Gasteiger partial charge is 0.493 e. The number of hydrogen-bond donors (Lipinski definition) is 3. The zero-order chi connectivity index (χ0) is 20.5. The van der Waals surface area contributed by atoms with Gasteiger partial charge in [0.2, 0.25) is 0 Å². The van der Waals surface area contributed by atoms with Crippen molar-refractivity contribution in [2.45, 2.75) is 20.4 Å². The second kappa shape index (κ2) is 9.86. The van der Waals surface area contributed by atoms with Crippen LogP contribution in [0, 0.1) is 6.92 Å². The average molecular weight is 383 g/mol. The topological polar surface area (TPSA) is 117 Å². The third-order valence-electron chi connectivity index (χ3n) is 3.71. The van der Waals surface area contributed by atoms with E-state index in [1.165, 1.54) is 24.4 Å². The van der Waals surface area contributed by atoms with Gasteiger partial charge in [0.1, 0.15) is 5.75 Å². The van der Waals surface area contributed by atoms with E-state index in [0.29, 0.717) is 17.9 Å². The van der Waals surface area contributed by atoms with Gasteiger partial charge in [0.05, 0.1) is 18.4 Å². The molecule has 0 aromatic heterocycles. The zero-order valence-corrected chi connectivity index (χ0v) is 15.6. The second-order valence-corrected chi connectivity index (χ2v) is 5.86. The number of hydrogen-bond acceptors (Lipinski definition) is 5. The molecule has 28 heavy (non-hydrogen) atoms. The van der Waals surface area contributed by atoms with Crippen molar-refractivity contribution in [1.29, 1.82) is 0 Å². The maximum atomic E-state index is 11.8. The van der Waals surface area contributed by atoms with Crippen LogP contribution in [0.4, 0.5) is 0 Å². The Hall–Kier alpha value is -3.68. The van der Waals surface area contributed by atoms with E-state index in [-0.39, 0.29) is 12.1 Å². The highest BCUT2D eigenvalue weighted by Gasteiger charge is 2.12. The van der Waals surface area contributed by atoms with Crippen LogP contribution >= 0.6 is 0 Å². The average Bonchev–Trinajstić information content (AvgIpc) is 2.68. The molecule has 0 aliphatic rings. The molecule has 146 valence electrons. The molecule has 0 unspecified atom stereocenters. The van der Waals surface area contributed by atoms with Gasteiger partial charge in [-0.15, -0.1) is 0 Å². The van der Waals surface area contributed by atoms with Crippen molar-refractivity contribution in [3.63, 3.8) is 0 Å². The molecular weight excluding hydrogens is 362 g/mol. The summed E-state index contributed by atoms with van der Waals surface area (Å²) in [4.78, 5) is 34.8. The number of rotatable bonds is 7. The van der Waals surface area contributed by atoms with E-state index in [9.17, 15) is 14.4 Å². The van der Waals surface area contributed by atoms with Gasteiger partial charge in [-0.05, 0) is 37.6 Å². The minimum Gasteiger partial charge on any atom is -0.493 e. The maximum Gasteiger partial charge on any atom is 0.335 e. The predicted octanol–water partition coefficient (Wildman–Crippen LogP) is 1.86. The number of amides is 2. The molecule has 0 bridgehead atoms. The Bertz CT molecular complexity index is 891. The summed E-state index contributed by atoms with van der Waals surface area (Å²) in [6.07, 6.45) is 1.22. The van der Waals surface area contributed by atoms with Crippen molar-refractivity contribution in [2.24, 2.45) is 5.10 Å². The second-order valence-electron chi connectivity index (χ2n) is 5.86. The molecule has 2 rings (SSSR count). The molecule has 2 aromatic carbocycles. The smallest absolute Gasteiger partial charge is 0.335 e. The zero-order valence-electron chi connectivity index (χ0n) is 15.6. The van der Waals surface area contributed by atoms with Crippen LogP contribution in [-0.4, -0.2) is 35.7 Å². The monoisotopic (exact) mass is 383 g/mol. The van der Waals surface area contributed by atoms with Crippen LogP contribution in [0.2, 0.25) is 0 Å². The Morgan fingerprint density at radius 2 is 1.82 bits per heavy atom. The Kier molecular flexibility index (Phi) is 7.27. The minimum absolute atomic E-state index is 0.0482. The van der Waals surface area contributed by atoms with Crippen LogP contribution in [0.3, 0.4) is 0 Å². The van der Waals surface area contributed by atoms with Crippen LogP contribution in [0.25, 0.3) is 0 Å². The van der Waals surface area contributed by atoms with Crippen molar-refractivity contribution >= 4 is 24.0 Å². The normalized spacial score (nSPS) is 10.5. The molecule has 2 aromatic rings. The van der Waals surface area contributed by atoms with Crippen molar-refractivity contribution in [2.75, 3.05) is 6.61 Å². The van der Waals surface area contributed by atoms with Gasteiger partial charge < -0.3 is 15.2 Å². The number of aryl methyl sites for hydroxylation is 1. The summed E-state index contributed by atoms with van der Waals surface area (Å²) < 4.78 is 5.40. The number of carbonyl (C=O) groups excluding carboxylic acids is 2. The fraction of sp³-hybridized carbons (Fsp3) is 0.200. The molecule has 0 heterocycles. The Morgan fingerprint density at radius 3 is 2.46 bits per heavy atom. The van der Waals surface area contributed by atoms with Gasteiger partial charge in [-0.1, -0.05) is 29.8 Å². The van der Waals surface area contributed by atoms with Gasteiger partial charge >= 0.3 is 17.8 Å². The first kappa shape index (κ1) is 20.6. The quantitative estimate of drug-likeness (QED) is 0.383. The molecule has 0 radical (unpaired) electrons. The van der Waals surface area contributed by atoms with E-state index >= 15 is 0 Å². The molecular formula is C20H21N3O5. The Morgan fingerprint density at radius 1 is 1.11 bits per heavy atom. The van der Waals surface area contributed by atoms with Crippen molar-refractivity contribution in [3.05, 3.63) is 64.7 Å². The number of benzene rings is 2. The summed E-state index contributed by atoms with van der Waals surface area (Å²) in [5.74, 6) is -2.45. The lowest BCUT2D eigenvalue weighted by molar-refractivity contribution is -0.139. The maximum absolute atomic E-state index is 11.8. The molecule has 0 aliphatic carbocycles. The van der Waals surface area contributed by atoms with Crippen LogP contribution in [0.15, 0.2) is 47.6 Å². The number of carboxylic acids is 1. The molecule has 0 fully saturated rings. The van der Waals surface area contributed by atoms with Crippen molar-refractivity contribution < 1.29 is 24.2 Å². The molecule has 0 atom stereocenters. The van der Waals surface area contributed by atoms with Crippen molar-refractivity contribution in [1.82, 2.24) is 10.7 Å². The molecule has 3 N–H and O–H groups in total. The van der Waals surface area contributed by atoms with E-state index in [4.69, 9.17) is 9.84 Å².